The van der Waals surface area contributed by atoms with Gasteiger partial charge in [0.2, 0.25) is 5.95 Å². The Morgan fingerprint density at radius 3 is 2.95 bits per heavy atom. The summed E-state index contributed by atoms with van der Waals surface area (Å²) in [5.74, 6) is -1.27. The molecule has 0 aliphatic heterocycles. The summed E-state index contributed by atoms with van der Waals surface area (Å²) in [5.41, 5.74) is 6.33. The zero-order chi connectivity index (χ0) is 15.0. The summed E-state index contributed by atoms with van der Waals surface area (Å²) in [6.07, 6.45) is 1.51. The summed E-state index contributed by atoms with van der Waals surface area (Å²) < 4.78 is 15.4. The molecular weight excluding hydrogens is 293 g/mol. The van der Waals surface area contributed by atoms with E-state index in [1.807, 2.05) is 0 Å². The first-order valence-electron chi connectivity index (χ1n) is 6.20. The van der Waals surface area contributed by atoms with Crippen LogP contribution in [0.1, 0.15) is 29.1 Å². The van der Waals surface area contributed by atoms with Crippen LogP contribution in [0.3, 0.4) is 0 Å². The molecule has 1 unspecified atom stereocenters. The standard InChI is InChI=1S/C13H12FN5OS/c1-7(8-6-21-13(15)17-8)16-12(20)10-11(14)19-5-3-2-4-9(19)18-10/h2-7H,1H3,(H2,15,17)(H,16,20). The third-order valence-corrected chi connectivity index (χ3v) is 3.71. The van der Waals surface area contributed by atoms with Crippen molar-refractivity contribution in [3.63, 3.8) is 0 Å². The molecule has 8 heteroatoms. The van der Waals surface area contributed by atoms with E-state index in [9.17, 15) is 9.18 Å². The van der Waals surface area contributed by atoms with Crippen molar-refractivity contribution in [2.75, 3.05) is 5.73 Å². The van der Waals surface area contributed by atoms with Crippen LogP contribution < -0.4 is 11.1 Å². The molecule has 0 spiro atoms. The van der Waals surface area contributed by atoms with Crippen molar-refractivity contribution in [1.29, 1.82) is 0 Å². The fourth-order valence-corrected chi connectivity index (χ4v) is 2.61. The second-order valence-corrected chi connectivity index (χ2v) is 5.38. The van der Waals surface area contributed by atoms with Gasteiger partial charge >= 0.3 is 0 Å². The number of pyridine rings is 1. The molecule has 0 saturated heterocycles. The van der Waals surface area contributed by atoms with Crippen LogP contribution in [0.25, 0.3) is 5.65 Å². The number of anilines is 1. The number of thiazole rings is 1. The SMILES string of the molecule is CC(NC(=O)c1nc2ccccn2c1F)c1csc(N)n1. The number of nitrogens with zero attached hydrogens (tertiary/aromatic N) is 3. The highest BCUT2D eigenvalue weighted by Crippen LogP contribution is 2.18. The first-order chi connectivity index (χ1) is 10.1. The number of nitrogens with one attached hydrogen (secondary N) is 1. The van der Waals surface area contributed by atoms with Gasteiger partial charge < -0.3 is 11.1 Å². The maximum Gasteiger partial charge on any atom is 0.275 e. The second kappa shape index (κ2) is 5.13. The molecule has 0 aliphatic carbocycles. The molecule has 3 aromatic heterocycles. The third-order valence-electron chi connectivity index (χ3n) is 3.02. The molecule has 0 aromatic carbocycles. The van der Waals surface area contributed by atoms with Crippen molar-refractivity contribution >= 4 is 28.0 Å². The smallest absolute Gasteiger partial charge is 0.275 e. The predicted octanol–water partition coefficient (Wildman–Crippen LogP) is 2.00. The number of rotatable bonds is 3. The monoisotopic (exact) mass is 305 g/mol. The van der Waals surface area contributed by atoms with Crippen molar-refractivity contribution in [2.45, 2.75) is 13.0 Å². The number of halogens is 1. The van der Waals surface area contributed by atoms with Gasteiger partial charge in [0.25, 0.3) is 5.91 Å². The van der Waals surface area contributed by atoms with Crippen LogP contribution in [0, 0.1) is 5.95 Å². The number of aromatic nitrogens is 3. The zero-order valence-electron chi connectivity index (χ0n) is 11.1. The molecule has 6 nitrogen and oxygen atoms in total. The maximum atomic E-state index is 14.1. The summed E-state index contributed by atoms with van der Waals surface area (Å²) in [6, 6.07) is 4.64. The Labute approximate surface area is 123 Å². The molecule has 0 saturated carbocycles. The molecule has 108 valence electrons. The van der Waals surface area contributed by atoms with Crippen LogP contribution in [0.5, 0.6) is 0 Å². The summed E-state index contributed by atoms with van der Waals surface area (Å²) in [5, 5.41) is 4.83. The Morgan fingerprint density at radius 1 is 1.48 bits per heavy atom. The molecule has 3 N–H and O–H groups in total. The third kappa shape index (κ3) is 2.45. The van der Waals surface area contributed by atoms with E-state index in [2.05, 4.69) is 15.3 Å². The van der Waals surface area contributed by atoms with E-state index < -0.39 is 11.9 Å². The van der Waals surface area contributed by atoms with Crippen LogP contribution in [0.15, 0.2) is 29.8 Å². The number of carbonyl (C=O) groups excluding carboxylic acids is 1. The molecule has 21 heavy (non-hydrogen) atoms. The normalized spacial score (nSPS) is 12.5. The summed E-state index contributed by atoms with van der Waals surface area (Å²) >= 11 is 1.28. The van der Waals surface area contributed by atoms with Gasteiger partial charge in [-0.05, 0) is 19.1 Å². The number of carbonyl (C=O) groups is 1. The van der Waals surface area contributed by atoms with E-state index in [1.54, 1.807) is 30.5 Å². The predicted molar refractivity (Wildman–Crippen MR) is 77.6 cm³/mol. The van der Waals surface area contributed by atoms with Gasteiger partial charge in [0.15, 0.2) is 10.8 Å². The van der Waals surface area contributed by atoms with Gasteiger partial charge in [0.1, 0.15) is 5.65 Å². The average molecular weight is 305 g/mol. The zero-order valence-corrected chi connectivity index (χ0v) is 11.9. The molecule has 3 rings (SSSR count). The number of nitrogen functional groups attached to an aromatic ring is 1. The number of amides is 1. The minimum Gasteiger partial charge on any atom is -0.375 e. The van der Waals surface area contributed by atoms with E-state index in [1.165, 1.54) is 21.9 Å². The maximum absolute atomic E-state index is 14.1. The Balaban J connectivity index is 1.85. The van der Waals surface area contributed by atoms with Gasteiger partial charge in [-0.15, -0.1) is 11.3 Å². The van der Waals surface area contributed by atoms with Gasteiger partial charge in [-0.2, -0.15) is 4.39 Å². The lowest BCUT2D eigenvalue weighted by molar-refractivity contribution is 0.0930. The molecule has 0 fully saturated rings. The van der Waals surface area contributed by atoms with E-state index in [4.69, 9.17) is 5.73 Å². The lowest BCUT2D eigenvalue weighted by atomic mass is 10.2. The van der Waals surface area contributed by atoms with Crippen molar-refractivity contribution in [1.82, 2.24) is 19.7 Å². The van der Waals surface area contributed by atoms with Gasteiger partial charge in [-0.1, -0.05) is 6.07 Å². The van der Waals surface area contributed by atoms with Crippen molar-refractivity contribution in [3.8, 4) is 0 Å². The fourth-order valence-electron chi connectivity index (χ4n) is 1.95. The molecular formula is C13H12FN5OS. The molecule has 1 amide bonds. The Bertz CT molecular complexity index is 812. The second-order valence-electron chi connectivity index (χ2n) is 4.49. The quantitative estimate of drug-likeness (QED) is 0.775. The largest absolute Gasteiger partial charge is 0.375 e. The Kier molecular flexibility index (Phi) is 3.30. The summed E-state index contributed by atoms with van der Waals surface area (Å²) in [6.45, 7) is 1.75. The van der Waals surface area contributed by atoms with Gasteiger partial charge in [-0.25, -0.2) is 9.97 Å². The molecule has 0 bridgehead atoms. The lowest BCUT2D eigenvalue weighted by Crippen LogP contribution is -2.28. The Morgan fingerprint density at radius 2 is 2.29 bits per heavy atom. The number of hydrogen-bond acceptors (Lipinski definition) is 5. The van der Waals surface area contributed by atoms with Crippen molar-refractivity contribution < 1.29 is 9.18 Å². The number of hydrogen-bond donors (Lipinski definition) is 2. The Hall–Kier alpha value is -2.48. The van der Waals surface area contributed by atoms with Gasteiger partial charge in [0.05, 0.1) is 11.7 Å². The highest BCUT2D eigenvalue weighted by molar-refractivity contribution is 7.13. The van der Waals surface area contributed by atoms with Crippen LogP contribution in [-0.2, 0) is 0 Å². The van der Waals surface area contributed by atoms with Gasteiger partial charge in [0, 0.05) is 11.6 Å². The minimum absolute atomic E-state index is 0.240. The molecule has 3 aromatic rings. The van der Waals surface area contributed by atoms with Crippen molar-refractivity contribution in [2.24, 2.45) is 0 Å². The van der Waals surface area contributed by atoms with Gasteiger partial charge in [-0.3, -0.25) is 9.20 Å². The van der Waals surface area contributed by atoms with Crippen LogP contribution in [0.2, 0.25) is 0 Å². The highest BCUT2D eigenvalue weighted by atomic mass is 32.1. The molecule has 1 atom stereocenters. The fraction of sp³-hybridized carbons (Fsp3) is 0.154. The van der Waals surface area contributed by atoms with E-state index >= 15 is 0 Å². The first kappa shape index (κ1) is 13.5. The van der Waals surface area contributed by atoms with E-state index in [0.717, 1.165) is 0 Å². The van der Waals surface area contributed by atoms with Crippen LogP contribution >= 0.6 is 11.3 Å². The summed E-state index contributed by atoms with van der Waals surface area (Å²) in [7, 11) is 0. The number of imidazole rings is 1. The average Bonchev–Trinajstić information content (AvgIpc) is 3.04. The summed E-state index contributed by atoms with van der Waals surface area (Å²) in [4.78, 5) is 20.2. The topological polar surface area (TPSA) is 85.3 Å². The van der Waals surface area contributed by atoms with Crippen LogP contribution in [-0.4, -0.2) is 20.3 Å². The van der Waals surface area contributed by atoms with Crippen molar-refractivity contribution in [3.05, 3.63) is 47.1 Å². The molecule has 0 aliphatic rings. The number of fused-ring (bicyclic) bond motifs is 1. The first-order valence-corrected chi connectivity index (χ1v) is 7.08. The molecule has 0 radical (unpaired) electrons. The highest BCUT2D eigenvalue weighted by Gasteiger charge is 2.21. The number of nitrogens with two attached hydrogens (primary N) is 1. The molecule has 3 heterocycles. The minimum atomic E-state index is -0.687. The lowest BCUT2D eigenvalue weighted by Gasteiger charge is -2.10. The van der Waals surface area contributed by atoms with Crippen LogP contribution in [0.4, 0.5) is 9.52 Å². The van der Waals surface area contributed by atoms with E-state index in [-0.39, 0.29) is 11.7 Å². The van der Waals surface area contributed by atoms with E-state index in [0.29, 0.717) is 16.5 Å².